The highest BCUT2D eigenvalue weighted by Crippen LogP contribution is 2.62. The van der Waals surface area contributed by atoms with Crippen molar-refractivity contribution in [2.45, 2.75) is 106 Å². The number of fused-ring (bicyclic) bond motifs is 5. The summed E-state index contributed by atoms with van der Waals surface area (Å²) < 4.78 is 12.5. The number of ketones is 1. The van der Waals surface area contributed by atoms with Crippen molar-refractivity contribution in [3.8, 4) is 0 Å². The van der Waals surface area contributed by atoms with E-state index >= 15 is 0 Å². The van der Waals surface area contributed by atoms with Crippen molar-refractivity contribution in [2.24, 2.45) is 28.1 Å². The van der Waals surface area contributed by atoms with Crippen LogP contribution in [0.15, 0.2) is 18.2 Å². The van der Waals surface area contributed by atoms with Gasteiger partial charge in [-0.25, -0.2) is 0 Å². The van der Waals surface area contributed by atoms with Crippen LogP contribution in [0.1, 0.15) is 108 Å². The molecule has 5 heteroatoms. The molecule has 0 saturated heterocycles. The third-order valence-corrected chi connectivity index (χ3v) is 8.73. The van der Waals surface area contributed by atoms with E-state index in [1.807, 2.05) is 53.7 Å². The van der Waals surface area contributed by atoms with Crippen molar-refractivity contribution in [3.63, 3.8) is 0 Å². The van der Waals surface area contributed by atoms with Gasteiger partial charge in [0.2, 0.25) is 0 Å². The maximum absolute atomic E-state index is 13.1. The molecular weight excluding hydrogens is 440 g/mol. The van der Waals surface area contributed by atoms with Gasteiger partial charge in [0, 0.05) is 16.9 Å². The molecule has 3 aliphatic rings. The second-order valence-electron chi connectivity index (χ2n) is 13.4. The summed E-state index contributed by atoms with van der Waals surface area (Å²) in [6, 6.07) is 6.05. The van der Waals surface area contributed by atoms with Crippen LogP contribution in [-0.4, -0.2) is 29.9 Å². The first kappa shape index (κ1) is 25.9. The molecule has 0 bridgehead atoms. The molecule has 1 aromatic rings. The van der Waals surface area contributed by atoms with Gasteiger partial charge in [0.05, 0.1) is 10.8 Å². The number of aryl methyl sites for hydroxylation is 1. The van der Waals surface area contributed by atoms with Gasteiger partial charge in [-0.05, 0) is 110 Å². The maximum atomic E-state index is 13.1. The molecule has 3 aliphatic carbocycles. The minimum absolute atomic E-state index is 0.0498. The normalized spacial score (nSPS) is 32.2. The molecule has 0 amide bonds. The van der Waals surface area contributed by atoms with Crippen molar-refractivity contribution < 1.29 is 23.9 Å². The third kappa shape index (κ3) is 4.68. The fraction of sp³-hybridized carbons (Fsp3) is 0.700. The Morgan fingerprint density at radius 1 is 0.914 bits per heavy atom. The summed E-state index contributed by atoms with van der Waals surface area (Å²) in [6.45, 7) is 15.1. The zero-order valence-electron chi connectivity index (χ0n) is 22.7. The molecule has 0 unspecified atom stereocenters. The van der Waals surface area contributed by atoms with Crippen LogP contribution in [0.5, 0.6) is 0 Å². The molecule has 1 aromatic carbocycles. The molecule has 2 fully saturated rings. The Hall–Kier alpha value is -2.17. The number of carbonyl (C=O) groups excluding carboxylic acids is 3. The smallest absolute Gasteiger partial charge is 0.311 e. The highest BCUT2D eigenvalue weighted by Gasteiger charge is 2.60. The first-order valence-electron chi connectivity index (χ1n) is 13.2. The van der Waals surface area contributed by atoms with E-state index in [2.05, 4.69) is 13.0 Å². The highest BCUT2D eigenvalue weighted by atomic mass is 16.6. The van der Waals surface area contributed by atoms with E-state index in [9.17, 15) is 14.4 Å². The van der Waals surface area contributed by atoms with E-state index in [0.717, 1.165) is 31.2 Å². The van der Waals surface area contributed by atoms with Crippen LogP contribution in [0.4, 0.5) is 0 Å². The van der Waals surface area contributed by atoms with E-state index in [4.69, 9.17) is 9.47 Å². The molecule has 0 heterocycles. The van der Waals surface area contributed by atoms with Crippen molar-refractivity contribution in [2.75, 3.05) is 0 Å². The lowest BCUT2D eigenvalue weighted by Gasteiger charge is -2.53. The topological polar surface area (TPSA) is 69.7 Å². The summed E-state index contributed by atoms with van der Waals surface area (Å²) in [4.78, 5) is 38.2. The van der Waals surface area contributed by atoms with Gasteiger partial charge in [-0.15, -0.1) is 0 Å². The second kappa shape index (κ2) is 8.74. The number of rotatable bonds is 3. The van der Waals surface area contributed by atoms with Gasteiger partial charge in [-0.3, -0.25) is 14.4 Å². The molecule has 5 nitrogen and oxygen atoms in total. The Kier molecular flexibility index (Phi) is 6.47. The standard InChI is InChI=1S/C30H42O5/c1-17(31)19-10-9-18-11-12-20-22-13-14-24(35-27(33)29(5,6)7)30(22,8)16-23(25(20)21(18)15-19)34-26(32)28(2,3)4/h9-10,15,20,22-25H,11-14,16H2,1-8H3/t20-,22-,23+,24-,25-,30-/m0/s1. The lowest BCUT2D eigenvalue weighted by atomic mass is 9.54. The second-order valence-corrected chi connectivity index (χ2v) is 13.4. The zero-order chi connectivity index (χ0) is 25.9. The fourth-order valence-corrected chi connectivity index (χ4v) is 6.72. The van der Waals surface area contributed by atoms with Crippen LogP contribution < -0.4 is 0 Å². The Morgan fingerprint density at radius 3 is 2.14 bits per heavy atom. The largest absolute Gasteiger partial charge is 0.461 e. The number of esters is 2. The van der Waals surface area contributed by atoms with Crippen molar-refractivity contribution >= 4 is 17.7 Å². The van der Waals surface area contributed by atoms with Gasteiger partial charge in [-0.2, -0.15) is 0 Å². The molecule has 0 spiro atoms. The highest BCUT2D eigenvalue weighted by molar-refractivity contribution is 5.94. The van der Waals surface area contributed by atoms with Gasteiger partial charge in [-0.1, -0.05) is 19.1 Å². The quantitative estimate of drug-likeness (QED) is 0.375. The van der Waals surface area contributed by atoms with E-state index in [-0.39, 0.29) is 41.3 Å². The number of benzene rings is 1. The average molecular weight is 483 g/mol. The van der Waals surface area contributed by atoms with Crippen LogP contribution in [0.2, 0.25) is 0 Å². The van der Waals surface area contributed by atoms with Gasteiger partial charge in [0.25, 0.3) is 0 Å². The molecule has 0 aliphatic heterocycles. The number of Topliss-reactive ketones (excluding diaryl/α,β-unsaturated/α-hetero) is 1. The molecule has 0 radical (unpaired) electrons. The Labute approximate surface area is 210 Å². The number of carbonyl (C=O) groups is 3. The van der Waals surface area contributed by atoms with Crippen LogP contribution >= 0.6 is 0 Å². The number of hydrogen-bond donors (Lipinski definition) is 0. The lowest BCUT2D eigenvalue weighted by Crippen LogP contribution is -2.52. The molecule has 0 aromatic heterocycles. The Balaban J connectivity index is 1.74. The molecule has 192 valence electrons. The lowest BCUT2D eigenvalue weighted by molar-refractivity contribution is -0.180. The summed E-state index contributed by atoms with van der Waals surface area (Å²) in [7, 11) is 0. The zero-order valence-corrected chi connectivity index (χ0v) is 22.7. The predicted molar refractivity (Wildman–Crippen MR) is 135 cm³/mol. The first-order chi connectivity index (χ1) is 16.1. The number of hydrogen-bond acceptors (Lipinski definition) is 5. The maximum Gasteiger partial charge on any atom is 0.311 e. The average Bonchev–Trinajstić information content (AvgIpc) is 3.07. The monoisotopic (exact) mass is 482 g/mol. The van der Waals surface area contributed by atoms with Crippen LogP contribution in [0, 0.1) is 28.1 Å². The molecule has 2 saturated carbocycles. The Bertz CT molecular complexity index is 1030. The Morgan fingerprint density at radius 2 is 1.54 bits per heavy atom. The molecule has 0 N–H and O–H groups in total. The SMILES string of the molecule is CC(=O)c1ccc2c(c1)[C@@H]1[C@@H](CC2)[C@@H]2CC[C@H](OC(=O)C(C)(C)C)[C@@]2(C)C[C@H]1OC(=O)C(C)(C)C. The summed E-state index contributed by atoms with van der Waals surface area (Å²) in [6.07, 6.45) is 3.97. The predicted octanol–water partition coefficient (Wildman–Crippen LogP) is 6.27. The minimum atomic E-state index is -0.611. The van der Waals surface area contributed by atoms with Crippen LogP contribution in [-0.2, 0) is 25.5 Å². The van der Waals surface area contributed by atoms with Gasteiger partial charge < -0.3 is 9.47 Å². The summed E-state index contributed by atoms with van der Waals surface area (Å²) in [5.74, 6) is 0.422. The fourth-order valence-electron chi connectivity index (χ4n) is 6.72. The van der Waals surface area contributed by atoms with Gasteiger partial charge in [0.1, 0.15) is 12.2 Å². The number of ether oxygens (including phenoxy) is 2. The van der Waals surface area contributed by atoms with Crippen molar-refractivity contribution in [1.29, 1.82) is 0 Å². The third-order valence-electron chi connectivity index (χ3n) is 8.73. The molecule has 6 atom stereocenters. The van der Waals surface area contributed by atoms with Crippen LogP contribution in [0.25, 0.3) is 0 Å². The first-order valence-corrected chi connectivity index (χ1v) is 13.2. The van der Waals surface area contributed by atoms with Gasteiger partial charge in [0.15, 0.2) is 5.78 Å². The summed E-state index contributed by atoms with van der Waals surface area (Å²) >= 11 is 0. The van der Waals surface area contributed by atoms with Crippen molar-refractivity contribution in [1.82, 2.24) is 0 Å². The van der Waals surface area contributed by atoms with Gasteiger partial charge >= 0.3 is 11.9 Å². The van der Waals surface area contributed by atoms with E-state index in [0.29, 0.717) is 23.8 Å². The van der Waals surface area contributed by atoms with E-state index < -0.39 is 10.8 Å². The summed E-state index contributed by atoms with van der Waals surface area (Å²) in [5.41, 5.74) is 1.71. The molecule has 4 rings (SSSR count). The van der Waals surface area contributed by atoms with E-state index in [1.54, 1.807) is 6.92 Å². The summed E-state index contributed by atoms with van der Waals surface area (Å²) in [5, 5.41) is 0. The minimum Gasteiger partial charge on any atom is -0.461 e. The van der Waals surface area contributed by atoms with Crippen LogP contribution in [0.3, 0.4) is 0 Å². The van der Waals surface area contributed by atoms with Crippen molar-refractivity contribution in [3.05, 3.63) is 34.9 Å². The van der Waals surface area contributed by atoms with E-state index in [1.165, 1.54) is 5.56 Å². The molecule has 35 heavy (non-hydrogen) atoms. The molecular formula is C30H42O5.